The minimum absolute atomic E-state index is 0.0765. The van der Waals surface area contributed by atoms with Gasteiger partial charge < -0.3 is 10.2 Å². The van der Waals surface area contributed by atoms with E-state index in [0.717, 1.165) is 31.5 Å². The lowest BCUT2D eigenvalue weighted by Crippen LogP contribution is -2.48. The molecule has 1 heterocycles. The summed E-state index contributed by atoms with van der Waals surface area (Å²) in [7, 11) is 0. The molecule has 1 aromatic carbocycles. The van der Waals surface area contributed by atoms with Crippen molar-refractivity contribution in [1.29, 1.82) is 0 Å². The minimum atomic E-state index is -0.394. The maximum atomic E-state index is 12.6. The van der Waals surface area contributed by atoms with E-state index in [1.165, 1.54) is 0 Å². The Bertz CT molecular complexity index is 493. The highest BCUT2D eigenvalue weighted by molar-refractivity contribution is 5.88. The fraction of sp³-hybridized carbons (Fsp3) is 0.556. The molecule has 0 aromatic heterocycles. The van der Waals surface area contributed by atoms with Crippen LogP contribution in [0, 0.1) is 5.92 Å². The summed E-state index contributed by atoms with van der Waals surface area (Å²) in [5.74, 6) is 0.366. The maximum absolute atomic E-state index is 12.6. The topological polar surface area (TPSA) is 49.4 Å². The van der Waals surface area contributed by atoms with Crippen molar-refractivity contribution in [1.82, 2.24) is 10.2 Å². The van der Waals surface area contributed by atoms with Gasteiger partial charge in [-0.1, -0.05) is 44.2 Å². The second kappa shape index (κ2) is 7.97. The zero-order valence-electron chi connectivity index (χ0n) is 13.5. The molecular formula is C18H26N2O2. The van der Waals surface area contributed by atoms with Gasteiger partial charge in [0, 0.05) is 13.1 Å². The van der Waals surface area contributed by atoms with Gasteiger partial charge in [-0.2, -0.15) is 0 Å². The van der Waals surface area contributed by atoms with Gasteiger partial charge in [0.05, 0.1) is 6.42 Å². The number of nitrogens with zero attached hydrogens (tertiary/aromatic N) is 1. The van der Waals surface area contributed by atoms with E-state index in [4.69, 9.17) is 0 Å². The van der Waals surface area contributed by atoms with Gasteiger partial charge >= 0.3 is 0 Å². The lowest BCUT2D eigenvalue weighted by molar-refractivity contribution is -0.135. The molecule has 0 aliphatic carbocycles. The molecule has 1 fully saturated rings. The summed E-state index contributed by atoms with van der Waals surface area (Å²) in [4.78, 5) is 26.7. The normalized spacial score (nSPS) is 15.9. The lowest BCUT2D eigenvalue weighted by Gasteiger charge is -2.25. The Kier molecular flexibility index (Phi) is 5.99. The van der Waals surface area contributed by atoms with Crippen molar-refractivity contribution in [2.24, 2.45) is 5.92 Å². The molecule has 0 spiro atoms. The summed E-state index contributed by atoms with van der Waals surface area (Å²) < 4.78 is 0. The SMILES string of the molecule is CC(C)C[C@@H](NC(=O)Cc1ccccc1)C(=O)N1CCCC1. The van der Waals surface area contributed by atoms with E-state index in [-0.39, 0.29) is 11.8 Å². The van der Waals surface area contributed by atoms with Crippen LogP contribution in [0.3, 0.4) is 0 Å². The molecule has 0 radical (unpaired) electrons. The van der Waals surface area contributed by atoms with Crippen LogP contribution in [0.4, 0.5) is 0 Å². The molecule has 4 heteroatoms. The number of hydrogen-bond donors (Lipinski definition) is 1. The average Bonchev–Trinajstić information content (AvgIpc) is 3.00. The summed E-state index contributed by atoms with van der Waals surface area (Å²) >= 11 is 0. The minimum Gasteiger partial charge on any atom is -0.344 e. The second-order valence-corrected chi connectivity index (χ2v) is 6.44. The molecule has 1 saturated heterocycles. The Morgan fingerprint density at radius 2 is 1.77 bits per heavy atom. The van der Waals surface area contributed by atoms with Crippen LogP contribution in [0.5, 0.6) is 0 Å². The van der Waals surface area contributed by atoms with E-state index in [1.807, 2.05) is 35.2 Å². The lowest BCUT2D eigenvalue weighted by atomic mass is 10.0. The van der Waals surface area contributed by atoms with Gasteiger partial charge in [-0.05, 0) is 30.7 Å². The van der Waals surface area contributed by atoms with Crippen molar-refractivity contribution >= 4 is 11.8 Å². The first-order valence-electron chi connectivity index (χ1n) is 8.18. The van der Waals surface area contributed by atoms with Gasteiger partial charge in [0.25, 0.3) is 0 Å². The van der Waals surface area contributed by atoms with Crippen LogP contribution in [-0.4, -0.2) is 35.8 Å². The van der Waals surface area contributed by atoms with Crippen LogP contribution in [0.25, 0.3) is 0 Å². The number of amides is 2. The fourth-order valence-corrected chi connectivity index (χ4v) is 2.88. The van der Waals surface area contributed by atoms with E-state index < -0.39 is 6.04 Å². The first kappa shape index (κ1) is 16.5. The van der Waals surface area contributed by atoms with Crippen molar-refractivity contribution < 1.29 is 9.59 Å². The van der Waals surface area contributed by atoms with Crippen LogP contribution < -0.4 is 5.32 Å². The first-order chi connectivity index (χ1) is 10.6. The van der Waals surface area contributed by atoms with Crippen LogP contribution in [0.1, 0.15) is 38.7 Å². The summed E-state index contributed by atoms with van der Waals surface area (Å²) in [5.41, 5.74) is 0.969. The van der Waals surface area contributed by atoms with Gasteiger partial charge in [-0.25, -0.2) is 0 Å². The van der Waals surface area contributed by atoms with Crippen molar-refractivity contribution in [3.63, 3.8) is 0 Å². The molecule has 0 saturated carbocycles. The summed E-state index contributed by atoms with van der Waals surface area (Å²) in [6.07, 6.45) is 3.15. The van der Waals surface area contributed by atoms with Gasteiger partial charge in [0.15, 0.2) is 0 Å². The number of hydrogen-bond acceptors (Lipinski definition) is 2. The molecule has 120 valence electrons. The van der Waals surface area contributed by atoms with E-state index in [2.05, 4.69) is 19.2 Å². The third-order valence-electron chi connectivity index (χ3n) is 3.97. The molecule has 1 aliphatic heterocycles. The van der Waals surface area contributed by atoms with Crippen molar-refractivity contribution in [2.45, 2.75) is 45.6 Å². The van der Waals surface area contributed by atoms with Crippen molar-refractivity contribution in [2.75, 3.05) is 13.1 Å². The molecule has 1 aromatic rings. The third-order valence-corrected chi connectivity index (χ3v) is 3.97. The van der Waals surface area contributed by atoms with Crippen LogP contribution in [0.15, 0.2) is 30.3 Å². The van der Waals surface area contributed by atoms with E-state index in [0.29, 0.717) is 18.8 Å². The third kappa shape index (κ3) is 4.86. The maximum Gasteiger partial charge on any atom is 0.245 e. The monoisotopic (exact) mass is 302 g/mol. The average molecular weight is 302 g/mol. The highest BCUT2D eigenvalue weighted by Gasteiger charge is 2.28. The zero-order valence-corrected chi connectivity index (χ0v) is 13.5. The van der Waals surface area contributed by atoms with E-state index >= 15 is 0 Å². The number of carbonyl (C=O) groups is 2. The molecule has 0 unspecified atom stereocenters. The second-order valence-electron chi connectivity index (χ2n) is 6.44. The van der Waals surface area contributed by atoms with E-state index in [1.54, 1.807) is 0 Å². The Morgan fingerprint density at radius 3 is 2.36 bits per heavy atom. The summed E-state index contributed by atoms with van der Waals surface area (Å²) in [6.45, 7) is 5.80. The smallest absolute Gasteiger partial charge is 0.245 e. The summed E-state index contributed by atoms with van der Waals surface area (Å²) in [6, 6.07) is 9.24. The van der Waals surface area contributed by atoms with Gasteiger partial charge in [0.1, 0.15) is 6.04 Å². The molecule has 2 rings (SSSR count). The van der Waals surface area contributed by atoms with Gasteiger partial charge in [0.2, 0.25) is 11.8 Å². The highest BCUT2D eigenvalue weighted by Crippen LogP contribution is 2.14. The van der Waals surface area contributed by atoms with E-state index in [9.17, 15) is 9.59 Å². The first-order valence-corrected chi connectivity index (χ1v) is 8.18. The van der Waals surface area contributed by atoms with Gasteiger partial charge in [-0.15, -0.1) is 0 Å². The standard InChI is InChI=1S/C18H26N2O2/c1-14(2)12-16(18(22)20-10-6-7-11-20)19-17(21)13-15-8-4-3-5-9-15/h3-5,8-9,14,16H,6-7,10-13H2,1-2H3,(H,19,21)/t16-/m1/s1. The molecule has 4 nitrogen and oxygen atoms in total. The number of likely N-dealkylation sites (tertiary alicyclic amines) is 1. The Hall–Kier alpha value is -1.84. The molecule has 2 amide bonds. The van der Waals surface area contributed by atoms with Gasteiger partial charge in [-0.3, -0.25) is 9.59 Å². The van der Waals surface area contributed by atoms with Crippen molar-refractivity contribution in [3.8, 4) is 0 Å². The predicted octanol–water partition coefficient (Wildman–Crippen LogP) is 2.38. The molecular weight excluding hydrogens is 276 g/mol. The number of rotatable bonds is 6. The molecule has 0 bridgehead atoms. The highest BCUT2D eigenvalue weighted by atomic mass is 16.2. The molecule has 1 aliphatic rings. The molecule has 1 N–H and O–H groups in total. The quantitative estimate of drug-likeness (QED) is 0.877. The molecule has 1 atom stereocenters. The van der Waals surface area contributed by atoms with Crippen LogP contribution in [-0.2, 0) is 16.0 Å². The van der Waals surface area contributed by atoms with Crippen LogP contribution in [0.2, 0.25) is 0 Å². The zero-order chi connectivity index (χ0) is 15.9. The van der Waals surface area contributed by atoms with Crippen LogP contribution >= 0.6 is 0 Å². The molecule has 22 heavy (non-hydrogen) atoms. The fourth-order valence-electron chi connectivity index (χ4n) is 2.88. The number of nitrogens with one attached hydrogen (secondary N) is 1. The Balaban J connectivity index is 1.96. The Labute approximate surface area is 132 Å². The number of carbonyl (C=O) groups excluding carboxylic acids is 2. The summed E-state index contributed by atoms with van der Waals surface area (Å²) in [5, 5.41) is 2.94. The largest absolute Gasteiger partial charge is 0.344 e. The predicted molar refractivity (Wildman–Crippen MR) is 87.3 cm³/mol. The Morgan fingerprint density at radius 1 is 1.14 bits per heavy atom. The van der Waals surface area contributed by atoms with Crippen molar-refractivity contribution in [3.05, 3.63) is 35.9 Å². The number of benzene rings is 1.